The van der Waals surface area contributed by atoms with Gasteiger partial charge in [0.2, 0.25) is 5.91 Å². The van der Waals surface area contributed by atoms with Crippen molar-refractivity contribution in [1.29, 1.82) is 0 Å². The van der Waals surface area contributed by atoms with Crippen LogP contribution in [0.5, 0.6) is 11.5 Å². The molecule has 6 nitrogen and oxygen atoms in total. The molecule has 1 amide bonds. The van der Waals surface area contributed by atoms with Crippen molar-refractivity contribution in [3.05, 3.63) is 22.7 Å². The van der Waals surface area contributed by atoms with Gasteiger partial charge in [0.15, 0.2) is 21.3 Å². The molecule has 0 spiro atoms. The number of halogens is 1. The minimum atomic E-state index is -3.02. The fourth-order valence-corrected chi connectivity index (χ4v) is 5.03. The Hall–Kier alpha value is -1.47. The van der Waals surface area contributed by atoms with Crippen LogP contribution < -0.4 is 9.47 Å². The number of likely N-dealkylation sites (N-methyl/N-ethyl adjacent to an activating group) is 1. The second-order valence-corrected chi connectivity index (χ2v) is 8.83. The summed E-state index contributed by atoms with van der Waals surface area (Å²) in [7, 11) is -1.37. The van der Waals surface area contributed by atoms with E-state index in [0.29, 0.717) is 36.2 Å². The molecule has 0 aliphatic carbocycles. The maximum Gasteiger partial charge on any atom is 0.227 e. The van der Waals surface area contributed by atoms with Crippen molar-refractivity contribution in [2.45, 2.75) is 25.3 Å². The van der Waals surface area contributed by atoms with Gasteiger partial charge in [-0.25, -0.2) is 8.42 Å². The second-order valence-electron chi connectivity index (χ2n) is 6.19. The SMILES string of the molecule is CN(C(=O)Cc1cc(Cl)c2c(c1)OCCCO2)C1CCS(=O)(=O)C1. The zero-order chi connectivity index (χ0) is 17.3. The third-order valence-corrected chi connectivity index (χ3v) is 6.40. The Kier molecular flexibility index (Phi) is 4.92. The van der Waals surface area contributed by atoms with Crippen LogP contribution in [0.3, 0.4) is 0 Å². The average molecular weight is 374 g/mol. The highest BCUT2D eigenvalue weighted by molar-refractivity contribution is 7.91. The van der Waals surface area contributed by atoms with Gasteiger partial charge in [-0.3, -0.25) is 4.79 Å². The number of carbonyl (C=O) groups excluding carboxylic acids is 1. The van der Waals surface area contributed by atoms with Crippen LogP contribution in [0.2, 0.25) is 5.02 Å². The molecule has 0 radical (unpaired) electrons. The summed E-state index contributed by atoms with van der Waals surface area (Å²) >= 11 is 6.24. The number of sulfone groups is 1. The maximum atomic E-state index is 12.5. The Morgan fingerprint density at radius 2 is 2.08 bits per heavy atom. The second kappa shape index (κ2) is 6.80. The first-order valence-electron chi connectivity index (χ1n) is 7.90. The molecule has 2 heterocycles. The summed E-state index contributed by atoms with van der Waals surface area (Å²) < 4.78 is 34.4. The zero-order valence-electron chi connectivity index (χ0n) is 13.5. The summed E-state index contributed by atoms with van der Waals surface area (Å²) in [6.45, 7) is 1.09. The van der Waals surface area contributed by atoms with E-state index in [1.807, 2.05) is 0 Å². The lowest BCUT2D eigenvalue weighted by Crippen LogP contribution is -2.38. The Labute approximate surface area is 146 Å². The Morgan fingerprint density at radius 1 is 1.33 bits per heavy atom. The normalized spacial score (nSPS) is 22.0. The highest BCUT2D eigenvalue weighted by atomic mass is 35.5. The largest absolute Gasteiger partial charge is 0.489 e. The Morgan fingerprint density at radius 3 is 2.79 bits per heavy atom. The van der Waals surface area contributed by atoms with Gasteiger partial charge in [-0.05, 0) is 24.1 Å². The topological polar surface area (TPSA) is 72.9 Å². The van der Waals surface area contributed by atoms with Crippen LogP contribution in [0.1, 0.15) is 18.4 Å². The van der Waals surface area contributed by atoms with Crippen molar-refractivity contribution >= 4 is 27.3 Å². The molecule has 1 aromatic rings. The molecule has 1 atom stereocenters. The van der Waals surface area contributed by atoms with Crippen LogP contribution in [0.15, 0.2) is 12.1 Å². The van der Waals surface area contributed by atoms with Crippen molar-refractivity contribution in [2.75, 3.05) is 31.8 Å². The first-order chi connectivity index (χ1) is 11.4. The van der Waals surface area contributed by atoms with Crippen LogP contribution >= 0.6 is 11.6 Å². The number of ether oxygens (including phenoxy) is 2. The quantitative estimate of drug-likeness (QED) is 0.806. The number of carbonyl (C=O) groups is 1. The van der Waals surface area contributed by atoms with Gasteiger partial charge in [0.05, 0.1) is 36.2 Å². The van der Waals surface area contributed by atoms with Gasteiger partial charge in [0.1, 0.15) is 0 Å². The van der Waals surface area contributed by atoms with Crippen molar-refractivity contribution in [2.24, 2.45) is 0 Å². The van der Waals surface area contributed by atoms with Gasteiger partial charge in [-0.15, -0.1) is 0 Å². The zero-order valence-corrected chi connectivity index (χ0v) is 15.0. The van der Waals surface area contributed by atoms with E-state index in [2.05, 4.69) is 0 Å². The van der Waals surface area contributed by atoms with E-state index in [4.69, 9.17) is 21.1 Å². The van der Waals surface area contributed by atoms with Gasteiger partial charge in [0, 0.05) is 19.5 Å². The molecule has 2 aliphatic rings. The van der Waals surface area contributed by atoms with Gasteiger partial charge in [-0.1, -0.05) is 11.6 Å². The van der Waals surface area contributed by atoms with Crippen LogP contribution in [0.4, 0.5) is 0 Å². The molecule has 8 heteroatoms. The summed E-state index contributed by atoms with van der Waals surface area (Å²) in [4.78, 5) is 14.0. The fourth-order valence-electron chi connectivity index (χ4n) is 2.97. The third-order valence-electron chi connectivity index (χ3n) is 4.37. The fraction of sp³-hybridized carbons (Fsp3) is 0.562. The lowest BCUT2D eigenvalue weighted by Gasteiger charge is -2.23. The van der Waals surface area contributed by atoms with E-state index < -0.39 is 9.84 Å². The van der Waals surface area contributed by atoms with Crippen LogP contribution in [0, 0.1) is 0 Å². The summed E-state index contributed by atoms with van der Waals surface area (Å²) in [5.74, 6) is 1.11. The number of nitrogens with zero attached hydrogens (tertiary/aromatic N) is 1. The number of hydrogen-bond donors (Lipinski definition) is 0. The number of hydrogen-bond acceptors (Lipinski definition) is 5. The molecule has 0 N–H and O–H groups in total. The van der Waals surface area contributed by atoms with Crippen LogP contribution in [-0.2, 0) is 21.1 Å². The van der Waals surface area contributed by atoms with Gasteiger partial charge < -0.3 is 14.4 Å². The van der Waals surface area contributed by atoms with Gasteiger partial charge in [0.25, 0.3) is 0 Å². The van der Waals surface area contributed by atoms with Crippen LogP contribution in [-0.4, -0.2) is 57.0 Å². The maximum absolute atomic E-state index is 12.5. The number of rotatable bonds is 3. The summed E-state index contributed by atoms with van der Waals surface area (Å²) in [6, 6.07) is 3.22. The predicted molar refractivity (Wildman–Crippen MR) is 90.6 cm³/mol. The molecule has 132 valence electrons. The number of benzene rings is 1. The molecule has 2 aliphatic heterocycles. The minimum absolute atomic E-state index is 0.0388. The predicted octanol–water partition coefficient (Wildman–Crippen LogP) is 1.69. The van der Waals surface area contributed by atoms with Gasteiger partial charge >= 0.3 is 0 Å². The molecule has 1 saturated heterocycles. The third kappa shape index (κ3) is 3.78. The van der Waals surface area contributed by atoms with E-state index in [-0.39, 0.29) is 29.9 Å². The standard InChI is InChI=1S/C16H20ClNO5S/c1-18(12-3-6-24(20,21)10-12)15(19)9-11-7-13(17)16-14(8-11)22-4-2-5-23-16/h7-8,12H,2-6,9-10H2,1H3. The first kappa shape index (κ1) is 17.4. The molecular weight excluding hydrogens is 354 g/mol. The molecule has 1 aromatic carbocycles. The average Bonchev–Trinajstić information content (AvgIpc) is 2.72. The molecule has 24 heavy (non-hydrogen) atoms. The highest BCUT2D eigenvalue weighted by Gasteiger charge is 2.32. The van der Waals surface area contributed by atoms with E-state index in [1.54, 1.807) is 19.2 Å². The lowest BCUT2D eigenvalue weighted by molar-refractivity contribution is -0.130. The summed E-state index contributed by atoms with van der Waals surface area (Å²) in [6.07, 6.45) is 1.41. The molecule has 3 rings (SSSR count). The molecule has 1 fully saturated rings. The van der Waals surface area contributed by atoms with Crippen molar-refractivity contribution in [3.63, 3.8) is 0 Å². The van der Waals surface area contributed by atoms with E-state index in [9.17, 15) is 13.2 Å². The number of fused-ring (bicyclic) bond motifs is 1. The molecule has 0 saturated carbocycles. The van der Waals surface area contributed by atoms with Gasteiger partial charge in [-0.2, -0.15) is 0 Å². The monoisotopic (exact) mass is 373 g/mol. The lowest BCUT2D eigenvalue weighted by atomic mass is 10.1. The summed E-state index contributed by atoms with van der Waals surface area (Å²) in [5.41, 5.74) is 0.724. The highest BCUT2D eigenvalue weighted by Crippen LogP contribution is 2.38. The smallest absolute Gasteiger partial charge is 0.227 e. The van der Waals surface area contributed by atoms with E-state index >= 15 is 0 Å². The molecule has 1 unspecified atom stereocenters. The van der Waals surface area contributed by atoms with E-state index in [0.717, 1.165) is 12.0 Å². The molecule has 0 aromatic heterocycles. The van der Waals surface area contributed by atoms with Crippen LogP contribution in [0.25, 0.3) is 0 Å². The van der Waals surface area contributed by atoms with E-state index in [1.165, 1.54) is 4.90 Å². The molecular formula is C16H20ClNO5S. The van der Waals surface area contributed by atoms with Crippen molar-refractivity contribution in [1.82, 2.24) is 4.90 Å². The molecule has 0 bridgehead atoms. The van der Waals surface area contributed by atoms with Crippen molar-refractivity contribution < 1.29 is 22.7 Å². The van der Waals surface area contributed by atoms with Crippen molar-refractivity contribution in [3.8, 4) is 11.5 Å². The summed E-state index contributed by atoms with van der Waals surface area (Å²) in [5, 5.41) is 0.420. The Bertz CT molecular complexity index is 749. The Balaban J connectivity index is 1.72. The minimum Gasteiger partial charge on any atom is -0.489 e. The first-order valence-corrected chi connectivity index (χ1v) is 10.1. The number of amides is 1.